The molecule has 0 saturated heterocycles. The van der Waals surface area contributed by atoms with Crippen LogP contribution in [0.4, 0.5) is 24.5 Å². The van der Waals surface area contributed by atoms with Crippen molar-refractivity contribution in [3.63, 3.8) is 0 Å². The Hall–Kier alpha value is -2.95. The van der Waals surface area contributed by atoms with Crippen molar-refractivity contribution in [2.24, 2.45) is 0 Å². The summed E-state index contributed by atoms with van der Waals surface area (Å²) in [5.74, 6) is -0.685. The lowest BCUT2D eigenvalue weighted by Crippen LogP contribution is -2.38. The SMILES string of the molecule is CCOc1ccccc1N(CC(=O)Nc1ccc(Cl)c(C(F)(F)F)c1)S(=O)(=O)c1ccc(Cl)cc1. The molecule has 0 aliphatic heterocycles. The smallest absolute Gasteiger partial charge is 0.417 e. The van der Waals surface area contributed by atoms with E-state index in [2.05, 4.69) is 5.32 Å². The van der Waals surface area contributed by atoms with E-state index < -0.39 is 39.2 Å². The third-order valence-corrected chi connectivity index (χ3v) is 7.03. The van der Waals surface area contributed by atoms with Crippen molar-refractivity contribution >= 4 is 50.5 Å². The number of hydrogen-bond acceptors (Lipinski definition) is 4. The van der Waals surface area contributed by atoms with Gasteiger partial charge in [0, 0.05) is 10.7 Å². The molecule has 6 nitrogen and oxygen atoms in total. The lowest BCUT2D eigenvalue weighted by atomic mass is 10.2. The molecule has 3 aromatic carbocycles. The fourth-order valence-electron chi connectivity index (χ4n) is 3.13. The number of amides is 1. The molecular formula is C23H19Cl2F3N2O4S. The summed E-state index contributed by atoms with van der Waals surface area (Å²) in [5.41, 5.74) is -1.26. The average Bonchev–Trinajstić information content (AvgIpc) is 2.79. The third kappa shape index (κ3) is 6.39. The van der Waals surface area contributed by atoms with E-state index in [1.807, 2.05) is 0 Å². The summed E-state index contributed by atoms with van der Waals surface area (Å²) >= 11 is 11.5. The molecule has 0 saturated carbocycles. The van der Waals surface area contributed by atoms with E-state index in [0.29, 0.717) is 11.1 Å². The van der Waals surface area contributed by atoms with Crippen molar-refractivity contribution < 1.29 is 31.1 Å². The Kier molecular flexibility index (Phi) is 8.19. The van der Waals surface area contributed by atoms with Crippen LogP contribution in [0.1, 0.15) is 12.5 Å². The Morgan fingerprint density at radius 2 is 1.69 bits per heavy atom. The number of para-hydroxylation sites is 2. The van der Waals surface area contributed by atoms with Crippen molar-refractivity contribution in [2.45, 2.75) is 18.0 Å². The van der Waals surface area contributed by atoms with Gasteiger partial charge in [-0.1, -0.05) is 35.3 Å². The number of nitrogens with one attached hydrogen (secondary N) is 1. The molecule has 0 aromatic heterocycles. The van der Waals surface area contributed by atoms with Crippen molar-refractivity contribution in [2.75, 3.05) is 22.8 Å². The first-order valence-electron chi connectivity index (χ1n) is 10.1. The van der Waals surface area contributed by atoms with Crippen LogP contribution >= 0.6 is 23.2 Å². The van der Waals surface area contributed by atoms with Crippen LogP contribution in [-0.2, 0) is 21.0 Å². The summed E-state index contributed by atoms with van der Waals surface area (Å²) in [5, 5.41) is 2.08. The van der Waals surface area contributed by atoms with Crippen LogP contribution in [0.25, 0.3) is 0 Å². The van der Waals surface area contributed by atoms with E-state index >= 15 is 0 Å². The molecule has 0 spiro atoms. The number of rotatable bonds is 8. The maximum atomic E-state index is 13.5. The second kappa shape index (κ2) is 10.8. The highest BCUT2D eigenvalue weighted by Crippen LogP contribution is 2.36. The monoisotopic (exact) mass is 546 g/mol. The normalized spacial score (nSPS) is 11.7. The molecule has 0 aliphatic carbocycles. The molecule has 35 heavy (non-hydrogen) atoms. The van der Waals surface area contributed by atoms with Crippen LogP contribution in [0.3, 0.4) is 0 Å². The molecule has 0 bridgehead atoms. The number of halogens is 5. The van der Waals surface area contributed by atoms with E-state index in [1.54, 1.807) is 19.1 Å². The van der Waals surface area contributed by atoms with Crippen LogP contribution in [0.15, 0.2) is 71.6 Å². The van der Waals surface area contributed by atoms with E-state index in [-0.39, 0.29) is 28.6 Å². The predicted octanol–water partition coefficient (Wildman–Crippen LogP) is 6.24. The molecule has 1 amide bonds. The first-order chi connectivity index (χ1) is 16.4. The maximum absolute atomic E-state index is 13.5. The summed E-state index contributed by atoms with van der Waals surface area (Å²) in [4.78, 5) is 12.7. The minimum Gasteiger partial charge on any atom is -0.492 e. The first-order valence-corrected chi connectivity index (χ1v) is 12.3. The van der Waals surface area contributed by atoms with E-state index in [0.717, 1.165) is 10.4 Å². The number of sulfonamides is 1. The van der Waals surface area contributed by atoms with Crippen molar-refractivity contribution in [3.8, 4) is 5.75 Å². The van der Waals surface area contributed by atoms with Gasteiger partial charge in [-0.25, -0.2) is 8.42 Å². The van der Waals surface area contributed by atoms with Gasteiger partial charge in [0.05, 0.1) is 27.8 Å². The molecule has 12 heteroatoms. The number of anilines is 2. The molecule has 3 aromatic rings. The van der Waals surface area contributed by atoms with Crippen LogP contribution in [0.2, 0.25) is 10.0 Å². The zero-order valence-electron chi connectivity index (χ0n) is 18.1. The van der Waals surface area contributed by atoms with Gasteiger partial charge in [-0.2, -0.15) is 13.2 Å². The molecule has 186 valence electrons. The first kappa shape index (κ1) is 26.7. The minimum atomic E-state index is -4.74. The number of carbonyl (C=O) groups excluding carboxylic acids is 1. The van der Waals surface area contributed by atoms with Gasteiger partial charge in [-0.15, -0.1) is 0 Å². The number of hydrogen-bond donors (Lipinski definition) is 1. The van der Waals surface area contributed by atoms with Gasteiger partial charge < -0.3 is 10.1 Å². The third-order valence-electron chi connectivity index (χ3n) is 4.68. The quantitative estimate of drug-likeness (QED) is 0.362. The zero-order chi connectivity index (χ0) is 25.8. The number of ether oxygens (including phenoxy) is 1. The summed E-state index contributed by atoms with van der Waals surface area (Å²) in [6, 6.07) is 14.4. The molecule has 0 radical (unpaired) electrons. The topological polar surface area (TPSA) is 75.7 Å². The Morgan fingerprint density at radius 1 is 1.03 bits per heavy atom. The highest BCUT2D eigenvalue weighted by molar-refractivity contribution is 7.92. The van der Waals surface area contributed by atoms with Gasteiger partial charge in [0.25, 0.3) is 10.0 Å². The minimum absolute atomic E-state index is 0.0755. The highest BCUT2D eigenvalue weighted by atomic mass is 35.5. The Labute approximate surface area is 210 Å². The molecule has 0 atom stereocenters. The van der Waals surface area contributed by atoms with Gasteiger partial charge in [-0.3, -0.25) is 9.10 Å². The van der Waals surface area contributed by atoms with Crippen LogP contribution in [0.5, 0.6) is 5.75 Å². The second-order valence-electron chi connectivity index (χ2n) is 7.11. The van der Waals surface area contributed by atoms with Gasteiger partial charge in [0.15, 0.2) is 0 Å². The molecule has 0 aliphatic rings. The summed E-state index contributed by atoms with van der Waals surface area (Å²) in [6.07, 6.45) is -4.74. The predicted molar refractivity (Wildman–Crippen MR) is 129 cm³/mol. The molecule has 0 heterocycles. The van der Waals surface area contributed by atoms with E-state index in [9.17, 15) is 26.4 Å². The Morgan fingerprint density at radius 3 is 2.31 bits per heavy atom. The lowest BCUT2D eigenvalue weighted by molar-refractivity contribution is -0.137. The summed E-state index contributed by atoms with van der Waals surface area (Å²) in [6.45, 7) is 1.18. The molecule has 3 rings (SSSR count). The molecule has 0 fully saturated rings. The zero-order valence-corrected chi connectivity index (χ0v) is 20.5. The maximum Gasteiger partial charge on any atom is 0.417 e. The highest BCUT2D eigenvalue weighted by Gasteiger charge is 2.34. The fraction of sp³-hybridized carbons (Fsp3) is 0.174. The van der Waals surface area contributed by atoms with Crippen molar-refractivity contribution in [1.29, 1.82) is 0 Å². The standard InChI is InChI=1S/C23H19Cl2F3N2O4S/c1-2-34-21-6-4-3-5-20(21)30(35(32,33)17-10-7-15(24)8-11-17)14-22(31)29-16-9-12-19(25)18(13-16)23(26,27)28/h3-13H,2,14H2,1H3,(H,29,31). The van der Waals surface area contributed by atoms with E-state index in [1.165, 1.54) is 42.5 Å². The largest absolute Gasteiger partial charge is 0.492 e. The fourth-order valence-corrected chi connectivity index (χ4v) is 4.91. The van der Waals surface area contributed by atoms with Crippen LogP contribution in [-0.4, -0.2) is 27.5 Å². The Balaban J connectivity index is 1.99. The average molecular weight is 547 g/mol. The molecular weight excluding hydrogens is 528 g/mol. The van der Waals surface area contributed by atoms with Gasteiger partial charge >= 0.3 is 6.18 Å². The number of benzene rings is 3. The second-order valence-corrected chi connectivity index (χ2v) is 9.81. The molecule has 1 N–H and O–H groups in total. The van der Waals surface area contributed by atoms with Gasteiger partial charge in [0.1, 0.15) is 12.3 Å². The summed E-state index contributed by atoms with van der Waals surface area (Å²) in [7, 11) is -4.30. The van der Waals surface area contributed by atoms with Gasteiger partial charge in [-0.05, 0) is 61.5 Å². The van der Waals surface area contributed by atoms with Crippen LogP contribution in [0, 0.1) is 0 Å². The van der Waals surface area contributed by atoms with Crippen molar-refractivity contribution in [1.82, 2.24) is 0 Å². The van der Waals surface area contributed by atoms with Gasteiger partial charge in [0.2, 0.25) is 5.91 Å². The Bertz CT molecular complexity index is 1320. The number of carbonyl (C=O) groups is 1. The number of alkyl halides is 3. The number of nitrogens with zero attached hydrogens (tertiary/aromatic N) is 1. The van der Waals surface area contributed by atoms with Crippen molar-refractivity contribution in [3.05, 3.63) is 82.3 Å². The molecule has 0 unspecified atom stereocenters. The summed E-state index contributed by atoms with van der Waals surface area (Å²) < 4.78 is 72.9. The van der Waals surface area contributed by atoms with Crippen LogP contribution < -0.4 is 14.4 Å². The van der Waals surface area contributed by atoms with E-state index in [4.69, 9.17) is 27.9 Å². The lowest BCUT2D eigenvalue weighted by Gasteiger charge is -2.26.